The maximum atomic E-state index is 12.0. The van der Waals surface area contributed by atoms with Crippen molar-refractivity contribution in [2.24, 2.45) is 0 Å². The molecule has 1 saturated heterocycles. The second kappa shape index (κ2) is 6.91. The molecule has 0 spiro atoms. The normalized spacial score (nSPS) is 25.0. The molecule has 27 heavy (non-hydrogen) atoms. The van der Waals surface area contributed by atoms with Gasteiger partial charge < -0.3 is 25.4 Å². The number of rotatable bonds is 4. The third-order valence-corrected chi connectivity index (χ3v) is 4.39. The van der Waals surface area contributed by atoms with E-state index in [1.165, 1.54) is 17.2 Å². The summed E-state index contributed by atoms with van der Waals surface area (Å²) in [6, 6.07) is 8.46. The molecular weight excluding hydrogens is 354 g/mol. The predicted molar refractivity (Wildman–Crippen MR) is 92.4 cm³/mol. The molecule has 0 amide bonds. The van der Waals surface area contributed by atoms with E-state index in [0.717, 1.165) is 0 Å². The van der Waals surface area contributed by atoms with E-state index in [-0.39, 0.29) is 12.4 Å². The molecule has 0 bridgehead atoms. The van der Waals surface area contributed by atoms with Gasteiger partial charge in [-0.15, -0.1) is 0 Å². The van der Waals surface area contributed by atoms with Crippen LogP contribution in [0.1, 0.15) is 16.6 Å². The highest BCUT2D eigenvalue weighted by Crippen LogP contribution is 2.32. The number of nitrogens with zero attached hydrogens (tertiary/aromatic N) is 4. The van der Waals surface area contributed by atoms with Gasteiger partial charge in [-0.2, -0.15) is 0 Å². The molecule has 140 valence electrons. The Morgan fingerprint density at radius 1 is 1.19 bits per heavy atom. The van der Waals surface area contributed by atoms with Gasteiger partial charge in [-0.3, -0.25) is 4.57 Å². The van der Waals surface area contributed by atoms with Crippen molar-refractivity contribution in [3.63, 3.8) is 0 Å². The smallest absolute Gasteiger partial charge is 0.338 e. The summed E-state index contributed by atoms with van der Waals surface area (Å²) in [6.07, 6.45) is -1.72. The number of aliphatic hydroxyl groups excluding tert-OH is 2. The summed E-state index contributed by atoms with van der Waals surface area (Å²) in [7, 11) is 0. The molecule has 0 unspecified atom stereocenters. The summed E-state index contributed by atoms with van der Waals surface area (Å²) in [4.78, 5) is 24.1. The van der Waals surface area contributed by atoms with Gasteiger partial charge in [0.1, 0.15) is 36.8 Å². The molecule has 4 N–H and O–H groups in total. The van der Waals surface area contributed by atoms with Gasteiger partial charge in [0.2, 0.25) is 0 Å². The largest absolute Gasteiger partial charge is 0.459 e. The van der Waals surface area contributed by atoms with E-state index in [2.05, 4.69) is 15.0 Å². The monoisotopic (exact) mass is 371 g/mol. The standard InChI is InChI=1S/C17H17N5O5/c18-14-11-15(20-7-19-14)22(8-21-11)16-13(24)12(23)10(27-16)6-26-17(25)9-4-2-1-3-5-9/h1-5,7-8,10,12-13,16,23-24H,6H2,(H2,18,19,20)/t10-,12-,13+,16-/m1/s1. The number of ether oxygens (including phenoxy) is 2. The Balaban J connectivity index is 1.49. The lowest BCUT2D eigenvalue weighted by Crippen LogP contribution is -2.34. The minimum absolute atomic E-state index is 0.195. The Hall–Kier alpha value is -3.08. The molecule has 4 atom stereocenters. The highest BCUT2D eigenvalue weighted by atomic mass is 16.6. The molecule has 4 rings (SSSR count). The van der Waals surface area contributed by atoms with Crippen molar-refractivity contribution in [2.45, 2.75) is 24.5 Å². The van der Waals surface area contributed by atoms with E-state index in [1.54, 1.807) is 30.3 Å². The van der Waals surface area contributed by atoms with E-state index in [9.17, 15) is 15.0 Å². The molecule has 10 nitrogen and oxygen atoms in total. The first kappa shape index (κ1) is 17.3. The molecular formula is C17H17N5O5. The highest BCUT2D eigenvalue weighted by Gasteiger charge is 2.45. The van der Waals surface area contributed by atoms with Gasteiger partial charge >= 0.3 is 5.97 Å². The number of carbonyl (C=O) groups is 1. The fraction of sp³-hybridized carbons (Fsp3) is 0.294. The lowest BCUT2D eigenvalue weighted by molar-refractivity contribution is -0.0565. The number of esters is 1. The van der Waals surface area contributed by atoms with Crippen molar-refractivity contribution in [2.75, 3.05) is 12.3 Å². The number of nitrogen functional groups attached to an aromatic ring is 1. The topological polar surface area (TPSA) is 146 Å². The minimum Gasteiger partial charge on any atom is -0.459 e. The quantitative estimate of drug-likeness (QED) is 0.534. The summed E-state index contributed by atoms with van der Waals surface area (Å²) < 4.78 is 12.4. The zero-order valence-corrected chi connectivity index (χ0v) is 14.0. The van der Waals surface area contributed by atoms with Crippen molar-refractivity contribution < 1.29 is 24.5 Å². The number of aliphatic hydroxyl groups is 2. The first-order valence-electron chi connectivity index (χ1n) is 8.23. The van der Waals surface area contributed by atoms with Gasteiger partial charge in [-0.05, 0) is 12.1 Å². The molecule has 1 fully saturated rings. The molecule has 0 radical (unpaired) electrons. The van der Waals surface area contributed by atoms with Crippen molar-refractivity contribution in [1.29, 1.82) is 0 Å². The highest BCUT2D eigenvalue weighted by molar-refractivity contribution is 5.89. The number of hydrogen-bond acceptors (Lipinski definition) is 9. The number of anilines is 1. The van der Waals surface area contributed by atoms with Crippen molar-refractivity contribution in [1.82, 2.24) is 19.5 Å². The van der Waals surface area contributed by atoms with E-state index >= 15 is 0 Å². The summed E-state index contributed by atoms with van der Waals surface area (Å²) in [5, 5.41) is 20.7. The van der Waals surface area contributed by atoms with Crippen LogP contribution in [0.5, 0.6) is 0 Å². The van der Waals surface area contributed by atoms with Crippen molar-refractivity contribution in [3.8, 4) is 0 Å². The Morgan fingerprint density at radius 3 is 2.74 bits per heavy atom. The van der Waals surface area contributed by atoms with E-state index in [1.807, 2.05) is 0 Å². The fourth-order valence-electron chi connectivity index (χ4n) is 2.97. The summed E-state index contributed by atoms with van der Waals surface area (Å²) >= 11 is 0. The zero-order chi connectivity index (χ0) is 19.0. The average Bonchev–Trinajstić information content (AvgIpc) is 3.23. The zero-order valence-electron chi connectivity index (χ0n) is 14.0. The van der Waals surface area contributed by atoms with Crippen LogP contribution in [-0.4, -0.2) is 60.6 Å². The van der Waals surface area contributed by atoms with Crippen LogP contribution in [-0.2, 0) is 9.47 Å². The predicted octanol–water partition coefficient (Wildman–Crippen LogP) is -0.115. The average molecular weight is 371 g/mol. The molecule has 1 aromatic carbocycles. The van der Waals surface area contributed by atoms with Crippen LogP contribution in [0.3, 0.4) is 0 Å². The Morgan fingerprint density at radius 2 is 1.96 bits per heavy atom. The molecule has 10 heteroatoms. The number of nitrogens with two attached hydrogens (primary N) is 1. The van der Waals surface area contributed by atoms with Gasteiger partial charge in [0.05, 0.1) is 11.9 Å². The maximum absolute atomic E-state index is 12.0. The van der Waals surface area contributed by atoms with Crippen molar-refractivity contribution >= 4 is 23.0 Å². The SMILES string of the molecule is Nc1ncnc2c1ncn2[C@@H]1O[C@H](COC(=O)c2ccccc2)[C@@H](O)[C@@H]1O. The van der Waals surface area contributed by atoms with Crippen LogP contribution in [0.2, 0.25) is 0 Å². The van der Waals surface area contributed by atoms with Crippen LogP contribution in [0, 0.1) is 0 Å². The number of imidazole rings is 1. The van der Waals surface area contributed by atoms with E-state index < -0.39 is 30.5 Å². The Bertz CT molecular complexity index is 963. The molecule has 3 aromatic rings. The Kier molecular flexibility index (Phi) is 4.44. The summed E-state index contributed by atoms with van der Waals surface area (Å²) in [5.41, 5.74) is 6.87. The Labute approximate surface area is 153 Å². The third-order valence-electron chi connectivity index (χ3n) is 4.39. The first-order chi connectivity index (χ1) is 13.1. The number of aromatic nitrogens is 4. The van der Waals surface area contributed by atoms with Gasteiger partial charge in [0.25, 0.3) is 0 Å². The van der Waals surface area contributed by atoms with Crippen LogP contribution >= 0.6 is 0 Å². The number of benzene rings is 1. The van der Waals surface area contributed by atoms with Crippen LogP contribution in [0.25, 0.3) is 11.2 Å². The number of hydrogen-bond donors (Lipinski definition) is 3. The van der Waals surface area contributed by atoms with Gasteiger partial charge in [-0.1, -0.05) is 18.2 Å². The van der Waals surface area contributed by atoms with Gasteiger partial charge in [-0.25, -0.2) is 19.7 Å². The fourth-order valence-corrected chi connectivity index (χ4v) is 2.97. The van der Waals surface area contributed by atoms with Gasteiger partial charge in [0, 0.05) is 0 Å². The lowest BCUT2D eigenvalue weighted by atomic mass is 10.1. The molecule has 1 aliphatic rings. The number of carbonyl (C=O) groups excluding carboxylic acids is 1. The van der Waals surface area contributed by atoms with Crippen LogP contribution in [0.4, 0.5) is 5.82 Å². The third kappa shape index (κ3) is 3.10. The molecule has 3 heterocycles. The second-order valence-electron chi connectivity index (χ2n) is 6.09. The molecule has 0 aliphatic carbocycles. The molecule has 1 aliphatic heterocycles. The molecule has 2 aromatic heterocycles. The lowest BCUT2D eigenvalue weighted by Gasteiger charge is -2.16. The minimum atomic E-state index is -1.26. The maximum Gasteiger partial charge on any atom is 0.338 e. The summed E-state index contributed by atoms with van der Waals surface area (Å²) in [5.74, 6) is -0.349. The van der Waals surface area contributed by atoms with Crippen molar-refractivity contribution in [3.05, 3.63) is 48.5 Å². The van der Waals surface area contributed by atoms with Crippen LogP contribution in [0.15, 0.2) is 43.0 Å². The van der Waals surface area contributed by atoms with E-state index in [4.69, 9.17) is 15.2 Å². The van der Waals surface area contributed by atoms with E-state index in [0.29, 0.717) is 16.7 Å². The summed E-state index contributed by atoms with van der Waals surface area (Å²) in [6.45, 7) is -0.216. The first-order valence-corrected chi connectivity index (χ1v) is 8.23. The number of fused-ring (bicyclic) bond motifs is 1. The van der Waals surface area contributed by atoms with Gasteiger partial charge in [0.15, 0.2) is 17.7 Å². The molecule has 0 saturated carbocycles. The second-order valence-corrected chi connectivity index (χ2v) is 6.09. The van der Waals surface area contributed by atoms with Crippen LogP contribution < -0.4 is 5.73 Å².